The molecule has 7 heteroatoms. The van der Waals surface area contributed by atoms with E-state index in [1.807, 2.05) is 0 Å². The Morgan fingerprint density at radius 2 is 2.08 bits per heavy atom. The van der Waals surface area contributed by atoms with Crippen LogP contribution in [0.25, 0.3) is 0 Å². The second kappa shape index (κ2) is 8.40. The number of carbonyl (C=O) groups excluding carboxylic acids is 2. The first kappa shape index (κ1) is 18.5. The van der Waals surface area contributed by atoms with Crippen molar-refractivity contribution in [2.24, 2.45) is 5.92 Å². The summed E-state index contributed by atoms with van der Waals surface area (Å²) < 4.78 is 14.6. The van der Waals surface area contributed by atoms with Gasteiger partial charge in [-0.3, -0.25) is 9.59 Å². The molecule has 136 valence electrons. The molecule has 26 heavy (non-hydrogen) atoms. The zero-order valence-corrected chi connectivity index (χ0v) is 15.7. The van der Waals surface area contributed by atoms with Crippen molar-refractivity contribution in [1.29, 1.82) is 0 Å². The molecule has 0 spiro atoms. The van der Waals surface area contributed by atoms with Gasteiger partial charge in [0.25, 0.3) is 0 Å². The van der Waals surface area contributed by atoms with Gasteiger partial charge in [-0.15, -0.1) is 0 Å². The number of benzene rings is 1. The summed E-state index contributed by atoms with van der Waals surface area (Å²) in [6.45, 7) is 0.934. The van der Waals surface area contributed by atoms with Crippen LogP contribution in [0.5, 0.6) is 0 Å². The maximum atomic E-state index is 13.7. The molecule has 0 radical (unpaired) electrons. The van der Waals surface area contributed by atoms with Gasteiger partial charge in [0.1, 0.15) is 11.6 Å². The molecule has 2 amide bonds. The van der Waals surface area contributed by atoms with Crippen molar-refractivity contribution in [3.63, 3.8) is 0 Å². The smallest absolute Gasteiger partial charge is 0.230 e. The van der Waals surface area contributed by atoms with E-state index in [0.717, 1.165) is 10.9 Å². The Labute approximate surface area is 159 Å². The van der Waals surface area contributed by atoms with Gasteiger partial charge in [0.05, 0.1) is 12.3 Å². The van der Waals surface area contributed by atoms with Crippen LogP contribution in [0.3, 0.4) is 0 Å². The first-order valence-electron chi connectivity index (χ1n) is 8.46. The monoisotopic (exact) mass is 419 g/mol. The Kier molecular flexibility index (Phi) is 5.98. The van der Waals surface area contributed by atoms with Crippen LogP contribution < -0.4 is 5.32 Å². The largest absolute Gasteiger partial charge is 0.342 e. The third-order valence-electron chi connectivity index (χ3n) is 4.42. The van der Waals surface area contributed by atoms with E-state index < -0.39 is 0 Å². The summed E-state index contributed by atoms with van der Waals surface area (Å²) in [6, 6.07) is 9.78. The molecular formula is C19H19BrFN3O2. The average molecular weight is 420 g/mol. The number of aromatic nitrogens is 1. The first-order chi connectivity index (χ1) is 12.5. The van der Waals surface area contributed by atoms with Gasteiger partial charge in [0.15, 0.2) is 0 Å². The van der Waals surface area contributed by atoms with Crippen LogP contribution in [0.15, 0.2) is 47.1 Å². The predicted molar refractivity (Wildman–Crippen MR) is 100.0 cm³/mol. The highest BCUT2D eigenvalue weighted by molar-refractivity contribution is 9.10. The number of amides is 2. The molecule has 2 aromatic rings. The lowest BCUT2D eigenvalue weighted by Gasteiger charge is -2.32. The molecular weight excluding hydrogens is 401 g/mol. The Balaban J connectivity index is 1.59. The van der Waals surface area contributed by atoms with E-state index >= 15 is 0 Å². The Bertz CT molecular complexity index is 798. The van der Waals surface area contributed by atoms with Crippen LogP contribution in [0.1, 0.15) is 18.4 Å². The van der Waals surface area contributed by atoms with Gasteiger partial charge in [0, 0.05) is 23.8 Å². The van der Waals surface area contributed by atoms with Crippen LogP contribution in [-0.4, -0.2) is 34.8 Å². The van der Waals surface area contributed by atoms with Crippen molar-refractivity contribution >= 4 is 33.6 Å². The van der Waals surface area contributed by atoms with Crippen molar-refractivity contribution in [3.05, 3.63) is 58.4 Å². The van der Waals surface area contributed by atoms with E-state index in [0.29, 0.717) is 30.9 Å². The van der Waals surface area contributed by atoms with Gasteiger partial charge in [0.2, 0.25) is 11.8 Å². The van der Waals surface area contributed by atoms with Gasteiger partial charge in [-0.1, -0.05) is 18.2 Å². The van der Waals surface area contributed by atoms with Crippen molar-refractivity contribution in [2.75, 3.05) is 18.4 Å². The Hall–Kier alpha value is -2.28. The third-order valence-corrected chi connectivity index (χ3v) is 4.89. The summed E-state index contributed by atoms with van der Waals surface area (Å²) in [6.07, 6.45) is 3.08. The van der Waals surface area contributed by atoms with Crippen molar-refractivity contribution in [1.82, 2.24) is 9.88 Å². The van der Waals surface area contributed by atoms with Gasteiger partial charge in [-0.25, -0.2) is 9.37 Å². The molecule has 3 rings (SSSR count). The highest BCUT2D eigenvalue weighted by Gasteiger charge is 2.28. The lowest BCUT2D eigenvalue weighted by Crippen LogP contribution is -2.44. The van der Waals surface area contributed by atoms with Crippen molar-refractivity contribution < 1.29 is 14.0 Å². The summed E-state index contributed by atoms with van der Waals surface area (Å²) in [4.78, 5) is 30.7. The fraction of sp³-hybridized carbons (Fsp3) is 0.316. The standard InChI is InChI=1S/C19H19BrFN3O2/c20-15-7-8-17(22-11-15)23-19(26)14-5-3-9-24(12-14)18(25)10-13-4-1-2-6-16(13)21/h1-2,4,6-8,11,14H,3,5,9-10,12H2,(H,22,23,26). The topological polar surface area (TPSA) is 62.3 Å². The molecule has 1 aliphatic heterocycles. The summed E-state index contributed by atoms with van der Waals surface area (Å²) in [5.74, 6) is -0.502. The summed E-state index contributed by atoms with van der Waals surface area (Å²) in [5.41, 5.74) is 0.378. The molecule has 1 atom stereocenters. The lowest BCUT2D eigenvalue weighted by molar-refractivity contribution is -0.134. The number of hydrogen-bond acceptors (Lipinski definition) is 3. The normalized spacial score (nSPS) is 17.0. The van der Waals surface area contributed by atoms with Crippen molar-refractivity contribution in [3.8, 4) is 0 Å². The number of rotatable bonds is 4. The second-order valence-electron chi connectivity index (χ2n) is 6.30. The molecule has 1 fully saturated rings. The second-order valence-corrected chi connectivity index (χ2v) is 7.21. The van der Waals surface area contributed by atoms with Gasteiger partial charge in [-0.2, -0.15) is 0 Å². The Morgan fingerprint density at radius 1 is 1.27 bits per heavy atom. The van der Waals surface area contributed by atoms with E-state index in [1.54, 1.807) is 41.4 Å². The third kappa shape index (κ3) is 4.66. The number of nitrogens with zero attached hydrogens (tertiary/aromatic N) is 2. The van der Waals surface area contributed by atoms with Crippen LogP contribution in [-0.2, 0) is 16.0 Å². The van der Waals surface area contributed by atoms with Crippen LogP contribution in [0.2, 0.25) is 0 Å². The number of likely N-dealkylation sites (tertiary alicyclic amines) is 1. The fourth-order valence-corrected chi connectivity index (χ4v) is 3.25. The average Bonchev–Trinajstić information content (AvgIpc) is 2.65. The first-order valence-corrected chi connectivity index (χ1v) is 9.26. The molecule has 0 bridgehead atoms. The zero-order valence-electron chi connectivity index (χ0n) is 14.1. The molecule has 1 aliphatic rings. The van der Waals surface area contributed by atoms with E-state index in [9.17, 15) is 14.0 Å². The number of halogens is 2. The maximum Gasteiger partial charge on any atom is 0.230 e. The zero-order chi connectivity index (χ0) is 18.5. The minimum atomic E-state index is -0.381. The summed E-state index contributed by atoms with van der Waals surface area (Å²) in [7, 11) is 0. The van der Waals surface area contributed by atoms with Crippen LogP contribution >= 0.6 is 15.9 Å². The number of hydrogen-bond donors (Lipinski definition) is 1. The number of piperidine rings is 1. The number of anilines is 1. The molecule has 0 saturated carbocycles. The van der Waals surface area contributed by atoms with Crippen molar-refractivity contribution in [2.45, 2.75) is 19.3 Å². The van der Waals surface area contributed by atoms with E-state index in [-0.39, 0.29) is 30.0 Å². The van der Waals surface area contributed by atoms with Gasteiger partial charge >= 0.3 is 0 Å². The molecule has 1 aromatic heterocycles. The fourth-order valence-electron chi connectivity index (χ4n) is 3.01. The molecule has 1 aromatic carbocycles. The van der Waals surface area contributed by atoms with Gasteiger partial charge in [-0.05, 0) is 52.5 Å². The predicted octanol–water partition coefficient (Wildman–Crippen LogP) is 3.40. The van der Waals surface area contributed by atoms with Crippen LogP contribution in [0, 0.1) is 11.7 Å². The van der Waals surface area contributed by atoms with E-state index in [2.05, 4.69) is 26.2 Å². The molecule has 1 N–H and O–H groups in total. The SMILES string of the molecule is O=C(Nc1ccc(Br)cn1)C1CCCN(C(=O)Cc2ccccc2F)C1. The summed E-state index contributed by atoms with van der Waals surface area (Å²) in [5, 5.41) is 2.79. The Morgan fingerprint density at radius 3 is 2.81 bits per heavy atom. The highest BCUT2D eigenvalue weighted by atomic mass is 79.9. The van der Waals surface area contributed by atoms with E-state index in [1.165, 1.54) is 6.07 Å². The lowest BCUT2D eigenvalue weighted by atomic mass is 9.96. The molecule has 0 aliphatic carbocycles. The number of pyridine rings is 1. The molecule has 2 heterocycles. The minimum Gasteiger partial charge on any atom is -0.342 e. The highest BCUT2D eigenvalue weighted by Crippen LogP contribution is 2.20. The van der Waals surface area contributed by atoms with Crippen LogP contribution in [0.4, 0.5) is 10.2 Å². The van der Waals surface area contributed by atoms with E-state index in [4.69, 9.17) is 0 Å². The quantitative estimate of drug-likeness (QED) is 0.825. The maximum absolute atomic E-state index is 13.7. The number of carbonyl (C=O) groups is 2. The molecule has 1 unspecified atom stereocenters. The molecule has 1 saturated heterocycles. The van der Waals surface area contributed by atoms with Gasteiger partial charge < -0.3 is 10.2 Å². The number of nitrogens with one attached hydrogen (secondary N) is 1. The minimum absolute atomic E-state index is 0.00921. The molecule has 5 nitrogen and oxygen atoms in total. The summed E-state index contributed by atoms with van der Waals surface area (Å²) >= 11 is 3.30.